The molecule has 20 heavy (non-hydrogen) atoms. The Kier molecular flexibility index (Phi) is 3.61. The van der Waals surface area contributed by atoms with Crippen molar-refractivity contribution in [2.45, 2.75) is 6.10 Å². The Morgan fingerprint density at radius 2 is 1.80 bits per heavy atom. The lowest BCUT2D eigenvalue weighted by Crippen LogP contribution is -2.18. The van der Waals surface area contributed by atoms with Crippen LogP contribution in [0.15, 0.2) is 66.9 Å². The van der Waals surface area contributed by atoms with Crippen molar-refractivity contribution in [3.63, 3.8) is 0 Å². The molecule has 0 aliphatic carbocycles. The first-order chi connectivity index (χ1) is 9.88. The molecule has 1 aromatic heterocycles. The van der Waals surface area contributed by atoms with E-state index in [2.05, 4.69) is 4.98 Å². The zero-order chi connectivity index (χ0) is 13.8. The van der Waals surface area contributed by atoms with Crippen LogP contribution in [0.3, 0.4) is 0 Å². The fraction of sp³-hybridized carbons (Fsp3) is 0.118. The number of hydrogen-bond acceptors (Lipinski definition) is 3. The average Bonchev–Trinajstić information content (AvgIpc) is 2.53. The Morgan fingerprint density at radius 3 is 2.60 bits per heavy atom. The third-order valence-corrected chi connectivity index (χ3v) is 3.26. The Labute approximate surface area is 118 Å². The van der Waals surface area contributed by atoms with Gasteiger partial charge >= 0.3 is 0 Å². The lowest BCUT2D eigenvalue weighted by molar-refractivity contribution is 0.217. The summed E-state index contributed by atoms with van der Waals surface area (Å²) in [5.41, 5.74) is 7.86. The van der Waals surface area contributed by atoms with Gasteiger partial charge in [-0.25, -0.2) is 0 Å². The average molecular weight is 264 g/mol. The van der Waals surface area contributed by atoms with E-state index in [1.165, 1.54) is 0 Å². The number of benzene rings is 2. The molecule has 0 fully saturated rings. The minimum Gasteiger partial charge on any atom is -0.484 e. The van der Waals surface area contributed by atoms with Crippen LogP contribution in [0.25, 0.3) is 10.9 Å². The minimum absolute atomic E-state index is 0.151. The van der Waals surface area contributed by atoms with Crippen LogP contribution in [-0.4, -0.2) is 11.5 Å². The van der Waals surface area contributed by atoms with Crippen LogP contribution in [0.1, 0.15) is 11.7 Å². The Balaban J connectivity index is 1.96. The van der Waals surface area contributed by atoms with Gasteiger partial charge in [-0.1, -0.05) is 36.4 Å². The summed E-state index contributed by atoms with van der Waals surface area (Å²) in [6, 6.07) is 19.8. The maximum absolute atomic E-state index is 6.10. The lowest BCUT2D eigenvalue weighted by Gasteiger charge is -2.19. The Hall–Kier alpha value is -2.39. The molecule has 2 N–H and O–H groups in total. The van der Waals surface area contributed by atoms with Crippen molar-refractivity contribution in [1.82, 2.24) is 4.98 Å². The normalized spacial score (nSPS) is 12.2. The van der Waals surface area contributed by atoms with E-state index in [9.17, 15) is 0 Å². The van der Waals surface area contributed by atoms with Crippen LogP contribution in [0.4, 0.5) is 0 Å². The molecule has 3 nitrogen and oxygen atoms in total. The smallest absolute Gasteiger partial charge is 0.136 e. The first kappa shape index (κ1) is 12.6. The predicted molar refractivity (Wildman–Crippen MR) is 80.6 cm³/mol. The van der Waals surface area contributed by atoms with Gasteiger partial charge in [0.05, 0.1) is 5.52 Å². The van der Waals surface area contributed by atoms with Gasteiger partial charge in [-0.15, -0.1) is 0 Å². The molecule has 0 bridgehead atoms. The highest BCUT2D eigenvalue weighted by atomic mass is 16.5. The molecule has 0 aliphatic heterocycles. The Bertz CT molecular complexity index is 692. The first-order valence-electron chi connectivity index (χ1n) is 6.64. The molecule has 0 aliphatic rings. The molecular weight excluding hydrogens is 248 g/mol. The van der Waals surface area contributed by atoms with E-state index in [4.69, 9.17) is 10.5 Å². The van der Waals surface area contributed by atoms with Gasteiger partial charge < -0.3 is 10.5 Å². The van der Waals surface area contributed by atoms with E-state index in [1.54, 1.807) is 6.20 Å². The molecule has 3 heteroatoms. The summed E-state index contributed by atoms with van der Waals surface area (Å²) >= 11 is 0. The highest BCUT2D eigenvalue weighted by Crippen LogP contribution is 2.28. The van der Waals surface area contributed by atoms with E-state index in [0.29, 0.717) is 6.54 Å². The number of aromatic nitrogens is 1. The van der Waals surface area contributed by atoms with Gasteiger partial charge in [0.15, 0.2) is 0 Å². The van der Waals surface area contributed by atoms with Crippen molar-refractivity contribution in [2.24, 2.45) is 5.73 Å². The van der Waals surface area contributed by atoms with Crippen LogP contribution in [0.5, 0.6) is 5.75 Å². The maximum Gasteiger partial charge on any atom is 0.136 e. The summed E-state index contributed by atoms with van der Waals surface area (Å²) in [7, 11) is 0. The van der Waals surface area contributed by atoms with Gasteiger partial charge in [-0.05, 0) is 29.8 Å². The van der Waals surface area contributed by atoms with Crippen LogP contribution < -0.4 is 10.5 Å². The highest BCUT2D eigenvalue weighted by Gasteiger charge is 2.12. The standard InChI is InChI=1S/C17H16N2O/c18-12-17(13-6-2-1-3-7-13)20-16-10-4-9-15-14(16)8-5-11-19-15/h1-11,17H,12,18H2. The van der Waals surface area contributed by atoms with E-state index >= 15 is 0 Å². The van der Waals surface area contributed by atoms with Crippen LogP contribution >= 0.6 is 0 Å². The number of fused-ring (bicyclic) bond motifs is 1. The summed E-state index contributed by atoms with van der Waals surface area (Å²) in [5, 5.41) is 1.00. The van der Waals surface area contributed by atoms with Crippen molar-refractivity contribution >= 4 is 10.9 Å². The number of nitrogens with zero attached hydrogens (tertiary/aromatic N) is 1. The zero-order valence-electron chi connectivity index (χ0n) is 11.1. The molecule has 1 atom stereocenters. The lowest BCUT2D eigenvalue weighted by atomic mass is 10.1. The molecule has 0 saturated carbocycles. The Morgan fingerprint density at radius 1 is 0.950 bits per heavy atom. The summed E-state index contributed by atoms with van der Waals surface area (Å²) in [6.45, 7) is 0.431. The number of nitrogens with two attached hydrogens (primary N) is 1. The number of pyridine rings is 1. The second-order valence-corrected chi connectivity index (χ2v) is 4.58. The molecule has 0 spiro atoms. The molecule has 0 saturated heterocycles. The third kappa shape index (κ3) is 2.49. The van der Waals surface area contributed by atoms with Crippen LogP contribution in [0, 0.1) is 0 Å². The van der Waals surface area contributed by atoms with Gasteiger partial charge in [-0.3, -0.25) is 4.98 Å². The van der Waals surface area contributed by atoms with E-state index in [-0.39, 0.29) is 6.10 Å². The summed E-state index contributed by atoms with van der Waals surface area (Å²) in [6.07, 6.45) is 1.63. The van der Waals surface area contributed by atoms with E-state index in [1.807, 2.05) is 60.7 Å². The highest BCUT2D eigenvalue weighted by molar-refractivity contribution is 5.84. The molecular formula is C17H16N2O. The van der Waals surface area contributed by atoms with Crippen molar-refractivity contribution in [3.05, 3.63) is 72.4 Å². The van der Waals surface area contributed by atoms with Gasteiger partial charge in [0, 0.05) is 18.1 Å². The molecule has 1 unspecified atom stereocenters. The first-order valence-corrected chi connectivity index (χ1v) is 6.64. The second kappa shape index (κ2) is 5.72. The number of rotatable bonds is 4. The molecule has 100 valence electrons. The molecule has 1 heterocycles. The summed E-state index contributed by atoms with van der Waals surface area (Å²) in [5.74, 6) is 0.815. The quantitative estimate of drug-likeness (QED) is 0.786. The van der Waals surface area contributed by atoms with Crippen molar-refractivity contribution in [1.29, 1.82) is 0 Å². The van der Waals surface area contributed by atoms with Crippen LogP contribution in [0.2, 0.25) is 0 Å². The SMILES string of the molecule is NCC(Oc1cccc2ncccc12)c1ccccc1. The number of hydrogen-bond donors (Lipinski definition) is 1. The minimum atomic E-state index is -0.151. The summed E-state index contributed by atoms with van der Waals surface area (Å²) < 4.78 is 6.10. The largest absolute Gasteiger partial charge is 0.484 e. The van der Waals surface area contributed by atoms with E-state index in [0.717, 1.165) is 22.2 Å². The van der Waals surface area contributed by atoms with Crippen molar-refractivity contribution in [2.75, 3.05) is 6.54 Å². The van der Waals surface area contributed by atoms with E-state index < -0.39 is 0 Å². The third-order valence-electron chi connectivity index (χ3n) is 3.26. The van der Waals surface area contributed by atoms with Gasteiger partial charge in [0.1, 0.15) is 11.9 Å². The van der Waals surface area contributed by atoms with Gasteiger partial charge in [-0.2, -0.15) is 0 Å². The topological polar surface area (TPSA) is 48.1 Å². The van der Waals surface area contributed by atoms with Crippen molar-refractivity contribution in [3.8, 4) is 5.75 Å². The molecule has 0 radical (unpaired) electrons. The molecule has 3 aromatic rings. The zero-order valence-corrected chi connectivity index (χ0v) is 11.1. The van der Waals surface area contributed by atoms with Gasteiger partial charge in [0.25, 0.3) is 0 Å². The molecule has 3 rings (SSSR count). The van der Waals surface area contributed by atoms with Gasteiger partial charge in [0.2, 0.25) is 0 Å². The fourth-order valence-electron chi connectivity index (χ4n) is 2.25. The summed E-state index contributed by atoms with van der Waals surface area (Å²) in [4.78, 5) is 4.34. The fourth-order valence-corrected chi connectivity index (χ4v) is 2.25. The predicted octanol–water partition coefficient (Wildman–Crippen LogP) is 3.31. The van der Waals surface area contributed by atoms with Crippen LogP contribution in [-0.2, 0) is 0 Å². The van der Waals surface area contributed by atoms with Crippen molar-refractivity contribution < 1.29 is 4.74 Å². The molecule has 0 amide bonds. The second-order valence-electron chi connectivity index (χ2n) is 4.58. The monoisotopic (exact) mass is 264 g/mol. The number of ether oxygens (including phenoxy) is 1. The molecule has 2 aromatic carbocycles. The maximum atomic E-state index is 6.10.